The average molecular weight is 389 g/mol. The minimum atomic E-state index is -4.27. The van der Waals surface area contributed by atoms with E-state index in [0.29, 0.717) is 5.75 Å². The summed E-state index contributed by atoms with van der Waals surface area (Å²) in [5.41, 5.74) is -0.301. The van der Waals surface area contributed by atoms with Gasteiger partial charge in [-0.05, 0) is 54.6 Å². The molecule has 0 heterocycles. The number of para-hydroxylation sites is 1. The number of carbonyl (C=O) groups is 1. The maximum atomic E-state index is 13.6. The van der Waals surface area contributed by atoms with Crippen LogP contribution in [0.5, 0.6) is 11.5 Å². The van der Waals surface area contributed by atoms with Crippen molar-refractivity contribution in [1.29, 1.82) is 0 Å². The van der Waals surface area contributed by atoms with Gasteiger partial charge in [0, 0.05) is 0 Å². The highest BCUT2D eigenvalue weighted by atomic mass is 32.2. The van der Waals surface area contributed by atoms with E-state index < -0.39 is 27.6 Å². The van der Waals surface area contributed by atoms with Gasteiger partial charge in [-0.1, -0.05) is 18.2 Å². The van der Waals surface area contributed by atoms with Crippen molar-refractivity contribution in [3.05, 3.63) is 90.0 Å². The van der Waals surface area contributed by atoms with Crippen LogP contribution in [0.2, 0.25) is 0 Å². The number of nitrogens with one attached hydrogen (secondary N) is 1. The summed E-state index contributed by atoms with van der Waals surface area (Å²) in [7, 11) is -4.27. The maximum absolute atomic E-state index is 13.6. The van der Waals surface area contributed by atoms with Crippen LogP contribution in [0.1, 0.15) is 10.4 Å². The molecule has 0 aliphatic carbocycles. The van der Waals surface area contributed by atoms with Crippen LogP contribution in [0.25, 0.3) is 0 Å². The minimum absolute atomic E-state index is 0.0191. The first-order chi connectivity index (χ1) is 12.8. The van der Waals surface area contributed by atoms with Gasteiger partial charge in [0.1, 0.15) is 23.1 Å². The van der Waals surface area contributed by atoms with E-state index >= 15 is 0 Å². The Morgan fingerprint density at radius 3 is 2.15 bits per heavy atom. The van der Waals surface area contributed by atoms with Crippen molar-refractivity contribution in [3.8, 4) is 11.5 Å². The molecule has 0 unspecified atom stereocenters. The predicted octanol–water partition coefficient (Wildman–Crippen LogP) is 3.88. The lowest BCUT2D eigenvalue weighted by Gasteiger charge is -2.12. The van der Waals surface area contributed by atoms with Crippen LogP contribution in [-0.2, 0) is 10.0 Å². The van der Waals surface area contributed by atoms with Crippen molar-refractivity contribution in [3.63, 3.8) is 0 Å². The average Bonchev–Trinajstić information content (AvgIpc) is 2.64. The van der Waals surface area contributed by atoms with Crippen molar-refractivity contribution in [2.75, 3.05) is 0 Å². The molecular formula is C19H13F2NO4S. The van der Waals surface area contributed by atoms with Gasteiger partial charge in [0.15, 0.2) is 0 Å². The highest BCUT2D eigenvalue weighted by molar-refractivity contribution is 7.90. The fraction of sp³-hybridized carbons (Fsp3) is 0. The number of rotatable bonds is 5. The Labute approximate surface area is 154 Å². The van der Waals surface area contributed by atoms with Gasteiger partial charge in [-0.3, -0.25) is 4.79 Å². The molecule has 0 atom stereocenters. The third-order valence-corrected chi connectivity index (χ3v) is 4.86. The number of hydrogen-bond acceptors (Lipinski definition) is 4. The first-order valence-electron chi connectivity index (χ1n) is 7.70. The Morgan fingerprint density at radius 2 is 1.48 bits per heavy atom. The molecule has 1 amide bonds. The number of amides is 1. The number of ether oxygens (including phenoxy) is 1. The first kappa shape index (κ1) is 18.5. The predicted molar refractivity (Wildman–Crippen MR) is 94.0 cm³/mol. The van der Waals surface area contributed by atoms with E-state index in [1.165, 1.54) is 6.07 Å². The molecule has 3 aromatic carbocycles. The third-order valence-electron chi connectivity index (χ3n) is 3.51. The second-order valence-electron chi connectivity index (χ2n) is 5.44. The quantitative estimate of drug-likeness (QED) is 0.719. The van der Waals surface area contributed by atoms with E-state index in [1.807, 2.05) is 4.72 Å². The maximum Gasteiger partial charge on any atom is 0.268 e. The molecule has 3 aromatic rings. The molecule has 0 radical (unpaired) electrons. The normalized spacial score (nSPS) is 11.0. The van der Waals surface area contributed by atoms with Gasteiger partial charge in [-0.25, -0.2) is 21.9 Å². The zero-order valence-electron chi connectivity index (χ0n) is 13.7. The molecule has 3 rings (SSSR count). The number of hydrogen-bond donors (Lipinski definition) is 1. The van der Waals surface area contributed by atoms with Crippen molar-refractivity contribution >= 4 is 15.9 Å². The van der Waals surface area contributed by atoms with Crippen LogP contribution >= 0.6 is 0 Å². The number of halogens is 2. The van der Waals surface area contributed by atoms with E-state index in [-0.39, 0.29) is 16.2 Å². The third kappa shape index (κ3) is 4.48. The number of carbonyl (C=O) groups excluding carboxylic acids is 1. The minimum Gasteiger partial charge on any atom is -0.457 e. The molecule has 5 nitrogen and oxygen atoms in total. The van der Waals surface area contributed by atoms with Gasteiger partial charge in [-0.15, -0.1) is 0 Å². The molecule has 0 aliphatic heterocycles. The van der Waals surface area contributed by atoms with Gasteiger partial charge in [0.2, 0.25) is 0 Å². The summed E-state index contributed by atoms with van der Waals surface area (Å²) in [6.45, 7) is 0. The standard InChI is InChI=1S/C19H13F2NO4S/c20-13-6-9-16(10-7-13)27(24,25)22-19(23)17-12-14(21)8-11-18(17)26-15-4-2-1-3-5-15/h1-12H,(H,22,23). The number of benzene rings is 3. The number of sulfonamides is 1. The molecule has 27 heavy (non-hydrogen) atoms. The summed E-state index contributed by atoms with van der Waals surface area (Å²) in [6, 6.07) is 15.5. The summed E-state index contributed by atoms with van der Waals surface area (Å²) in [4.78, 5) is 12.1. The van der Waals surface area contributed by atoms with Gasteiger partial charge in [-0.2, -0.15) is 0 Å². The Bertz CT molecular complexity index is 1070. The van der Waals surface area contributed by atoms with Crippen molar-refractivity contribution in [2.45, 2.75) is 4.90 Å². The zero-order chi connectivity index (χ0) is 19.4. The monoisotopic (exact) mass is 389 g/mol. The summed E-state index contributed by atoms with van der Waals surface area (Å²) >= 11 is 0. The van der Waals surface area contributed by atoms with E-state index in [0.717, 1.165) is 36.4 Å². The van der Waals surface area contributed by atoms with Gasteiger partial charge < -0.3 is 4.74 Å². The van der Waals surface area contributed by atoms with Crippen LogP contribution in [-0.4, -0.2) is 14.3 Å². The Hall–Kier alpha value is -3.26. The molecule has 0 aromatic heterocycles. The Morgan fingerprint density at radius 1 is 0.852 bits per heavy atom. The van der Waals surface area contributed by atoms with Gasteiger partial charge in [0.05, 0.1) is 10.5 Å². The molecule has 0 aliphatic rings. The smallest absolute Gasteiger partial charge is 0.268 e. The molecule has 0 saturated heterocycles. The fourth-order valence-electron chi connectivity index (χ4n) is 2.23. The van der Waals surface area contributed by atoms with Crippen molar-refractivity contribution in [2.24, 2.45) is 0 Å². The van der Waals surface area contributed by atoms with Crippen molar-refractivity contribution in [1.82, 2.24) is 4.72 Å². The van der Waals surface area contributed by atoms with Crippen LogP contribution in [0.4, 0.5) is 8.78 Å². The highest BCUT2D eigenvalue weighted by Crippen LogP contribution is 2.26. The second kappa shape index (κ2) is 7.55. The van der Waals surface area contributed by atoms with Crippen LogP contribution in [0.3, 0.4) is 0 Å². The molecule has 138 valence electrons. The SMILES string of the molecule is O=C(NS(=O)(=O)c1ccc(F)cc1)c1cc(F)ccc1Oc1ccccc1. The zero-order valence-corrected chi connectivity index (χ0v) is 14.5. The van der Waals surface area contributed by atoms with E-state index in [4.69, 9.17) is 4.74 Å². The highest BCUT2D eigenvalue weighted by Gasteiger charge is 2.22. The second-order valence-corrected chi connectivity index (χ2v) is 7.13. The summed E-state index contributed by atoms with van der Waals surface area (Å²) in [6.07, 6.45) is 0. The van der Waals surface area contributed by atoms with E-state index in [1.54, 1.807) is 30.3 Å². The topological polar surface area (TPSA) is 72.5 Å². The molecular weight excluding hydrogens is 376 g/mol. The molecule has 0 spiro atoms. The van der Waals surface area contributed by atoms with Crippen LogP contribution < -0.4 is 9.46 Å². The van der Waals surface area contributed by atoms with Crippen molar-refractivity contribution < 1.29 is 26.7 Å². The summed E-state index contributed by atoms with van der Waals surface area (Å²) in [5.74, 6) is -2.07. The molecule has 0 fully saturated rings. The Balaban J connectivity index is 1.90. The largest absolute Gasteiger partial charge is 0.457 e. The van der Waals surface area contributed by atoms with Gasteiger partial charge >= 0.3 is 0 Å². The summed E-state index contributed by atoms with van der Waals surface area (Å²) in [5, 5.41) is 0. The lowest BCUT2D eigenvalue weighted by atomic mass is 10.2. The lowest BCUT2D eigenvalue weighted by molar-refractivity contribution is 0.0978. The van der Waals surface area contributed by atoms with E-state index in [9.17, 15) is 22.0 Å². The fourth-order valence-corrected chi connectivity index (χ4v) is 3.20. The first-order valence-corrected chi connectivity index (χ1v) is 9.19. The Kier molecular flexibility index (Phi) is 5.18. The molecule has 1 N–H and O–H groups in total. The van der Waals surface area contributed by atoms with E-state index in [2.05, 4.69) is 0 Å². The lowest BCUT2D eigenvalue weighted by Crippen LogP contribution is -2.31. The van der Waals surface area contributed by atoms with Crippen LogP contribution in [0, 0.1) is 11.6 Å². The molecule has 8 heteroatoms. The summed E-state index contributed by atoms with van der Waals surface area (Å²) < 4.78 is 58.5. The van der Waals surface area contributed by atoms with Gasteiger partial charge in [0.25, 0.3) is 15.9 Å². The molecule has 0 bridgehead atoms. The van der Waals surface area contributed by atoms with Crippen LogP contribution in [0.15, 0.2) is 77.7 Å². The molecule has 0 saturated carbocycles.